The molecule has 6 nitrogen and oxygen atoms in total. The van der Waals surface area contributed by atoms with Gasteiger partial charge in [-0.05, 0) is 32.0 Å². The summed E-state index contributed by atoms with van der Waals surface area (Å²) < 4.78 is 7.85. The average molecular weight is 363 g/mol. The van der Waals surface area contributed by atoms with Crippen molar-refractivity contribution in [1.29, 1.82) is 0 Å². The Morgan fingerprint density at radius 2 is 2.15 bits per heavy atom. The minimum Gasteiger partial charge on any atom is -0.493 e. The Labute approximate surface area is 159 Å². The number of imidazole rings is 1. The SMILES string of the molecule is CCNC(=NCc1cn2c(C)cccc2n1)NC1CCOc2ccccc21. The number of hydrogen-bond acceptors (Lipinski definition) is 3. The van der Waals surface area contributed by atoms with Gasteiger partial charge in [-0.2, -0.15) is 0 Å². The van der Waals surface area contributed by atoms with Crippen molar-refractivity contribution in [3.8, 4) is 5.75 Å². The predicted molar refractivity (Wildman–Crippen MR) is 107 cm³/mol. The summed E-state index contributed by atoms with van der Waals surface area (Å²) in [5.74, 6) is 1.75. The van der Waals surface area contributed by atoms with Gasteiger partial charge in [0.2, 0.25) is 0 Å². The molecule has 3 heterocycles. The number of aromatic nitrogens is 2. The Balaban J connectivity index is 1.53. The van der Waals surface area contributed by atoms with Crippen molar-refractivity contribution in [2.24, 2.45) is 4.99 Å². The van der Waals surface area contributed by atoms with E-state index in [2.05, 4.69) is 52.2 Å². The van der Waals surface area contributed by atoms with Crippen LogP contribution in [0.4, 0.5) is 0 Å². The first kappa shape index (κ1) is 17.4. The third kappa shape index (κ3) is 3.74. The van der Waals surface area contributed by atoms with Crippen molar-refractivity contribution in [1.82, 2.24) is 20.0 Å². The summed E-state index contributed by atoms with van der Waals surface area (Å²) in [5, 5.41) is 6.89. The summed E-state index contributed by atoms with van der Waals surface area (Å²) in [6.07, 6.45) is 2.97. The fourth-order valence-corrected chi connectivity index (χ4v) is 3.41. The highest BCUT2D eigenvalue weighted by atomic mass is 16.5. The molecule has 1 aromatic carbocycles. The van der Waals surface area contributed by atoms with E-state index < -0.39 is 0 Å². The van der Waals surface area contributed by atoms with Crippen LogP contribution in [-0.2, 0) is 6.54 Å². The number of guanidine groups is 1. The van der Waals surface area contributed by atoms with E-state index in [1.807, 2.05) is 30.3 Å². The van der Waals surface area contributed by atoms with Crippen molar-refractivity contribution in [3.05, 3.63) is 65.6 Å². The zero-order valence-corrected chi connectivity index (χ0v) is 15.8. The average Bonchev–Trinajstić information content (AvgIpc) is 3.11. The number of ether oxygens (including phenoxy) is 1. The molecule has 1 aliphatic rings. The zero-order chi connectivity index (χ0) is 18.6. The van der Waals surface area contributed by atoms with Gasteiger partial charge in [0.1, 0.15) is 11.4 Å². The van der Waals surface area contributed by atoms with Crippen molar-refractivity contribution in [3.63, 3.8) is 0 Å². The maximum Gasteiger partial charge on any atom is 0.192 e. The monoisotopic (exact) mass is 363 g/mol. The van der Waals surface area contributed by atoms with Crippen LogP contribution in [0.5, 0.6) is 5.75 Å². The van der Waals surface area contributed by atoms with Crippen LogP contribution >= 0.6 is 0 Å². The minimum atomic E-state index is 0.191. The van der Waals surface area contributed by atoms with Crippen LogP contribution in [0.1, 0.15) is 36.3 Å². The number of nitrogens with zero attached hydrogens (tertiary/aromatic N) is 3. The smallest absolute Gasteiger partial charge is 0.192 e. The molecule has 1 atom stereocenters. The topological polar surface area (TPSA) is 63.0 Å². The molecular weight excluding hydrogens is 338 g/mol. The number of pyridine rings is 1. The van der Waals surface area contributed by atoms with Gasteiger partial charge in [0.25, 0.3) is 0 Å². The predicted octanol–water partition coefficient (Wildman–Crippen LogP) is 3.22. The number of nitrogens with one attached hydrogen (secondary N) is 2. The van der Waals surface area contributed by atoms with E-state index in [0.717, 1.165) is 36.0 Å². The minimum absolute atomic E-state index is 0.191. The first-order valence-electron chi connectivity index (χ1n) is 9.45. The van der Waals surface area contributed by atoms with Gasteiger partial charge in [-0.3, -0.25) is 0 Å². The summed E-state index contributed by atoms with van der Waals surface area (Å²) in [5.41, 5.74) is 4.25. The van der Waals surface area contributed by atoms with Crippen LogP contribution < -0.4 is 15.4 Å². The zero-order valence-electron chi connectivity index (χ0n) is 15.8. The number of rotatable bonds is 4. The Morgan fingerprint density at radius 1 is 1.26 bits per heavy atom. The van der Waals surface area contributed by atoms with Gasteiger partial charge in [0, 0.05) is 30.4 Å². The Kier molecular flexibility index (Phi) is 4.96. The molecule has 3 aromatic rings. The lowest BCUT2D eigenvalue weighted by molar-refractivity contribution is 0.261. The van der Waals surface area contributed by atoms with Gasteiger partial charge in [0.05, 0.1) is 24.9 Å². The summed E-state index contributed by atoms with van der Waals surface area (Å²) in [6.45, 7) is 6.20. The van der Waals surface area contributed by atoms with Crippen molar-refractivity contribution < 1.29 is 4.74 Å². The molecule has 0 bridgehead atoms. The number of hydrogen-bond donors (Lipinski definition) is 2. The molecule has 27 heavy (non-hydrogen) atoms. The van der Waals surface area contributed by atoms with E-state index in [4.69, 9.17) is 9.73 Å². The number of aryl methyl sites for hydroxylation is 1. The van der Waals surface area contributed by atoms with Gasteiger partial charge < -0.3 is 19.8 Å². The van der Waals surface area contributed by atoms with Crippen LogP contribution in [0.25, 0.3) is 5.65 Å². The molecule has 2 N–H and O–H groups in total. The molecule has 0 radical (unpaired) electrons. The van der Waals surface area contributed by atoms with Crippen molar-refractivity contribution in [2.45, 2.75) is 32.9 Å². The highest BCUT2D eigenvalue weighted by Gasteiger charge is 2.21. The normalized spacial score (nSPS) is 16.7. The van der Waals surface area contributed by atoms with E-state index >= 15 is 0 Å². The molecule has 2 aromatic heterocycles. The molecule has 4 rings (SSSR count). The third-order valence-electron chi connectivity index (χ3n) is 4.76. The quantitative estimate of drug-likeness (QED) is 0.552. The number of aliphatic imine (C=N–C) groups is 1. The standard InChI is InChI=1S/C21H25N5O/c1-3-22-21(25-18-11-12-27-19-9-5-4-8-17(18)19)23-13-16-14-26-15(2)7-6-10-20(26)24-16/h4-10,14,18H,3,11-13H2,1-2H3,(H2,22,23,25). The van der Waals surface area contributed by atoms with Gasteiger partial charge in [-0.1, -0.05) is 24.3 Å². The second-order valence-electron chi connectivity index (χ2n) is 6.69. The number of para-hydroxylation sites is 1. The summed E-state index contributed by atoms with van der Waals surface area (Å²) in [7, 11) is 0. The lowest BCUT2D eigenvalue weighted by atomic mass is 10.0. The second kappa shape index (κ2) is 7.70. The molecule has 0 aliphatic carbocycles. The summed E-state index contributed by atoms with van der Waals surface area (Å²) in [6, 6.07) is 14.5. The molecule has 0 fully saturated rings. The maximum atomic E-state index is 5.76. The molecular formula is C21H25N5O. The molecule has 0 amide bonds. The molecule has 1 aliphatic heterocycles. The van der Waals surface area contributed by atoms with Crippen LogP contribution in [0.15, 0.2) is 53.7 Å². The lowest BCUT2D eigenvalue weighted by Crippen LogP contribution is -2.41. The molecule has 140 valence electrons. The highest BCUT2D eigenvalue weighted by molar-refractivity contribution is 5.80. The van der Waals surface area contributed by atoms with E-state index in [9.17, 15) is 0 Å². The molecule has 0 saturated carbocycles. The van der Waals surface area contributed by atoms with Gasteiger partial charge in [-0.25, -0.2) is 9.98 Å². The van der Waals surface area contributed by atoms with Gasteiger partial charge in [-0.15, -0.1) is 0 Å². The lowest BCUT2D eigenvalue weighted by Gasteiger charge is -2.28. The van der Waals surface area contributed by atoms with E-state index in [-0.39, 0.29) is 6.04 Å². The molecule has 0 saturated heterocycles. The highest BCUT2D eigenvalue weighted by Crippen LogP contribution is 2.31. The third-order valence-corrected chi connectivity index (χ3v) is 4.76. The Hall–Kier alpha value is -3.02. The molecule has 6 heteroatoms. The van der Waals surface area contributed by atoms with Gasteiger partial charge >= 0.3 is 0 Å². The van der Waals surface area contributed by atoms with Gasteiger partial charge in [0.15, 0.2) is 5.96 Å². The van der Waals surface area contributed by atoms with Crippen LogP contribution in [0, 0.1) is 6.92 Å². The largest absolute Gasteiger partial charge is 0.493 e. The molecule has 1 unspecified atom stereocenters. The second-order valence-corrected chi connectivity index (χ2v) is 6.69. The number of benzene rings is 1. The van der Waals surface area contributed by atoms with E-state index in [1.165, 1.54) is 11.3 Å². The Morgan fingerprint density at radius 3 is 3.00 bits per heavy atom. The Bertz CT molecular complexity index is 962. The summed E-state index contributed by atoms with van der Waals surface area (Å²) >= 11 is 0. The van der Waals surface area contributed by atoms with Crippen LogP contribution in [-0.4, -0.2) is 28.5 Å². The van der Waals surface area contributed by atoms with E-state index in [1.54, 1.807) is 0 Å². The molecule has 0 spiro atoms. The van der Waals surface area contributed by atoms with Crippen molar-refractivity contribution >= 4 is 11.6 Å². The fourth-order valence-electron chi connectivity index (χ4n) is 3.41. The number of fused-ring (bicyclic) bond motifs is 2. The fraction of sp³-hybridized carbons (Fsp3) is 0.333. The van der Waals surface area contributed by atoms with E-state index in [0.29, 0.717) is 13.2 Å². The first-order valence-corrected chi connectivity index (χ1v) is 9.45. The summed E-state index contributed by atoms with van der Waals surface area (Å²) in [4.78, 5) is 9.42. The van der Waals surface area contributed by atoms with Crippen LogP contribution in [0.2, 0.25) is 0 Å². The first-order chi connectivity index (χ1) is 13.2. The van der Waals surface area contributed by atoms with Crippen LogP contribution in [0.3, 0.4) is 0 Å². The van der Waals surface area contributed by atoms with Crippen molar-refractivity contribution in [2.75, 3.05) is 13.2 Å². The maximum absolute atomic E-state index is 5.76.